The van der Waals surface area contributed by atoms with Crippen molar-refractivity contribution in [1.29, 1.82) is 0 Å². The van der Waals surface area contributed by atoms with Crippen LogP contribution in [-0.4, -0.2) is 24.9 Å². The van der Waals surface area contributed by atoms with Crippen LogP contribution in [0.3, 0.4) is 0 Å². The zero-order valence-electron chi connectivity index (χ0n) is 9.84. The molecular formula is C12H15BrFNO. The topological polar surface area (TPSA) is 20.3 Å². The number of hydrogen-bond acceptors (Lipinski definition) is 1. The number of halogens is 2. The van der Waals surface area contributed by atoms with Crippen molar-refractivity contribution in [2.75, 3.05) is 14.1 Å². The molecule has 0 aromatic heterocycles. The number of carbonyl (C=O) groups is 1. The lowest BCUT2D eigenvalue weighted by atomic mass is 9.83. The highest BCUT2D eigenvalue weighted by Crippen LogP contribution is 2.28. The number of rotatable bonds is 2. The molecule has 88 valence electrons. The van der Waals surface area contributed by atoms with Gasteiger partial charge in [-0.05, 0) is 47.5 Å². The first-order valence-electron chi connectivity index (χ1n) is 4.94. The molecule has 0 saturated heterocycles. The number of benzene rings is 1. The third-order valence-corrected chi connectivity index (χ3v) is 3.23. The largest absolute Gasteiger partial charge is 0.348 e. The van der Waals surface area contributed by atoms with Gasteiger partial charge in [0.2, 0.25) is 5.91 Å². The molecule has 2 nitrogen and oxygen atoms in total. The Morgan fingerprint density at radius 2 is 1.94 bits per heavy atom. The summed E-state index contributed by atoms with van der Waals surface area (Å²) in [6.45, 7) is 3.58. The maximum atomic E-state index is 13.4. The predicted molar refractivity (Wildman–Crippen MR) is 65.8 cm³/mol. The summed E-state index contributed by atoms with van der Waals surface area (Å²) < 4.78 is 13.8. The molecule has 0 bridgehead atoms. The van der Waals surface area contributed by atoms with Crippen LogP contribution < -0.4 is 0 Å². The van der Waals surface area contributed by atoms with Gasteiger partial charge in [0.1, 0.15) is 5.82 Å². The van der Waals surface area contributed by atoms with Gasteiger partial charge in [-0.3, -0.25) is 4.79 Å². The van der Waals surface area contributed by atoms with Crippen LogP contribution >= 0.6 is 15.9 Å². The molecule has 4 heteroatoms. The Labute approximate surface area is 104 Å². The van der Waals surface area contributed by atoms with Crippen molar-refractivity contribution in [3.8, 4) is 0 Å². The Balaban J connectivity index is 3.16. The van der Waals surface area contributed by atoms with Gasteiger partial charge in [-0.25, -0.2) is 4.39 Å². The first-order chi connectivity index (χ1) is 7.26. The summed E-state index contributed by atoms with van der Waals surface area (Å²) >= 11 is 3.09. The minimum atomic E-state index is -0.717. The van der Waals surface area contributed by atoms with E-state index >= 15 is 0 Å². The predicted octanol–water partition coefficient (Wildman–Crippen LogP) is 2.95. The van der Waals surface area contributed by atoms with Gasteiger partial charge in [0.15, 0.2) is 0 Å². The fraction of sp³-hybridized carbons (Fsp3) is 0.417. The molecule has 1 rings (SSSR count). The van der Waals surface area contributed by atoms with Crippen molar-refractivity contribution in [3.05, 3.63) is 34.1 Å². The van der Waals surface area contributed by atoms with Gasteiger partial charge < -0.3 is 4.90 Å². The zero-order chi connectivity index (χ0) is 12.5. The summed E-state index contributed by atoms with van der Waals surface area (Å²) in [6, 6.07) is 4.77. The van der Waals surface area contributed by atoms with Crippen molar-refractivity contribution >= 4 is 21.8 Å². The Hall–Kier alpha value is -0.900. The summed E-state index contributed by atoms with van der Waals surface area (Å²) in [6.07, 6.45) is 0. The molecule has 0 heterocycles. The zero-order valence-corrected chi connectivity index (χ0v) is 11.4. The molecule has 0 N–H and O–H groups in total. The van der Waals surface area contributed by atoms with Crippen molar-refractivity contribution in [3.63, 3.8) is 0 Å². The maximum absolute atomic E-state index is 13.4. The molecule has 0 aliphatic carbocycles. The molecule has 1 amide bonds. The van der Waals surface area contributed by atoms with E-state index in [1.165, 1.54) is 11.0 Å². The molecule has 16 heavy (non-hydrogen) atoms. The number of amides is 1. The lowest BCUT2D eigenvalue weighted by molar-refractivity contribution is -0.133. The highest BCUT2D eigenvalue weighted by Gasteiger charge is 2.31. The second-order valence-electron chi connectivity index (χ2n) is 4.45. The molecule has 0 spiro atoms. The van der Waals surface area contributed by atoms with Crippen LogP contribution in [0.15, 0.2) is 22.7 Å². The maximum Gasteiger partial charge on any atom is 0.232 e. The molecule has 0 radical (unpaired) electrons. The summed E-state index contributed by atoms with van der Waals surface area (Å²) in [5, 5.41) is 0. The standard InChI is InChI=1S/C12H15BrFNO/c1-12(2,11(16)15(3)4)8-5-6-9(13)10(14)7-8/h5-7H,1-4H3. The average Bonchev–Trinajstić information content (AvgIpc) is 2.20. The van der Waals surface area contributed by atoms with Gasteiger partial charge in [-0.2, -0.15) is 0 Å². The first-order valence-corrected chi connectivity index (χ1v) is 5.73. The number of nitrogens with zero attached hydrogens (tertiary/aromatic N) is 1. The Bertz CT molecular complexity index is 415. The smallest absolute Gasteiger partial charge is 0.232 e. The van der Waals surface area contributed by atoms with Crippen molar-refractivity contribution in [1.82, 2.24) is 4.90 Å². The summed E-state index contributed by atoms with van der Waals surface area (Å²) in [5.74, 6) is -0.397. The average molecular weight is 288 g/mol. The van der Waals surface area contributed by atoms with E-state index in [1.807, 2.05) is 0 Å². The van der Waals surface area contributed by atoms with E-state index in [1.54, 1.807) is 40.1 Å². The normalized spacial score (nSPS) is 11.4. The monoisotopic (exact) mass is 287 g/mol. The Morgan fingerprint density at radius 1 is 1.38 bits per heavy atom. The van der Waals surface area contributed by atoms with E-state index in [0.29, 0.717) is 10.0 Å². The van der Waals surface area contributed by atoms with Crippen LogP contribution in [0.1, 0.15) is 19.4 Å². The van der Waals surface area contributed by atoms with Gasteiger partial charge in [0.05, 0.1) is 9.89 Å². The molecule has 1 aromatic rings. The third-order valence-electron chi connectivity index (χ3n) is 2.58. The third kappa shape index (κ3) is 2.43. The molecule has 0 fully saturated rings. The van der Waals surface area contributed by atoms with E-state index in [9.17, 15) is 9.18 Å². The molecule has 0 aliphatic rings. The summed E-state index contributed by atoms with van der Waals surface area (Å²) in [5.41, 5.74) is -0.0442. The lowest BCUT2D eigenvalue weighted by Gasteiger charge is -2.27. The number of hydrogen-bond donors (Lipinski definition) is 0. The van der Waals surface area contributed by atoms with Crippen molar-refractivity contribution in [2.45, 2.75) is 19.3 Å². The SMILES string of the molecule is CN(C)C(=O)C(C)(C)c1ccc(Br)c(F)c1. The van der Waals surface area contributed by atoms with Crippen LogP contribution in [0.2, 0.25) is 0 Å². The minimum Gasteiger partial charge on any atom is -0.348 e. The fourth-order valence-electron chi connectivity index (χ4n) is 1.57. The number of carbonyl (C=O) groups excluding carboxylic acids is 1. The van der Waals surface area contributed by atoms with Crippen molar-refractivity contribution < 1.29 is 9.18 Å². The van der Waals surface area contributed by atoms with Crippen LogP contribution in [0, 0.1) is 5.82 Å². The first kappa shape index (κ1) is 13.2. The van der Waals surface area contributed by atoms with Gasteiger partial charge in [-0.15, -0.1) is 0 Å². The molecule has 0 saturated carbocycles. The van der Waals surface area contributed by atoms with Gasteiger partial charge in [0, 0.05) is 14.1 Å². The van der Waals surface area contributed by atoms with Crippen LogP contribution in [0.5, 0.6) is 0 Å². The van der Waals surface area contributed by atoms with E-state index in [0.717, 1.165) is 0 Å². The second kappa shape index (κ2) is 4.53. The van der Waals surface area contributed by atoms with E-state index in [4.69, 9.17) is 0 Å². The van der Waals surface area contributed by atoms with Gasteiger partial charge in [-0.1, -0.05) is 6.07 Å². The minimum absolute atomic E-state index is 0.0470. The van der Waals surface area contributed by atoms with Gasteiger partial charge in [0.25, 0.3) is 0 Å². The van der Waals surface area contributed by atoms with Gasteiger partial charge >= 0.3 is 0 Å². The van der Waals surface area contributed by atoms with Crippen LogP contribution in [0.25, 0.3) is 0 Å². The van der Waals surface area contributed by atoms with Crippen molar-refractivity contribution in [2.24, 2.45) is 0 Å². The molecule has 0 aliphatic heterocycles. The van der Waals surface area contributed by atoms with Crippen LogP contribution in [0.4, 0.5) is 4.39 Å². The van der Waals surface area contributed by atoms with E-state index in [2.05, 4.69) is 15.9 Å². The Kier molecular flexibility index (Phi) is 3.73. The van der Waals surface area contributed by atoms with E-state index < -0.39 is 5.41 Å². The van der Waals surface area contributed by atoms with Crippen LogP contribution in [-0.2, 0) is 10.2 Å². The number of likely N-dealkylation sites (N-methyl/N-ethyl adjacent to an activating group) is 1. The molecular weight excluding hydrogens is 273 g/mol. The molecule has 0 unspecified atom stereocenters. The van der Waals surface area contributed by atoms with E-state index in [-0.39, 0.29) is 11.7 Å². The highest BCUT2D eigenvalue weighted by atomic mass is 79.9. The summed E-state index contributed by atoms with van der Waals surface area (Å²) in [7, 11) is 3.39. The Morgan fingerprint density at radius 3 is 2.38 bits per heavy atom. The lowest BCUT2D eigenvalue weighted by Crippen LogP contribution is -2.39. The fourth-order valence-corrected chi connectivity index (χ4v) is 1.81. The second-order valence-corrected chi connectivity index (χ2v) is 5.31. The summed E-state index contributed by atoms with van der Waals surface area (Å²) in [4.78, 5) is 13.5. The highest BCUT2D eigenvalue weighted by molar-refractivity contribution is 9.10. The molecule has 1 aromatic carbocycles. The quantitative estimate of drug-likeness (QED) is 0.819. The molecule has 0 atom stereocenters.